The summed E-state index contributed by atoms with van der Waals surface area (Å²) in [5.41, 5.74) is 7.79. The molecule has 0 fully saturated rings. The monoisotopic (exact) mass is 166 g/mol. The van der Waals surface area contributed by atoms with Crippen LogP contribution in [0.4, 0.5) is 0 Å². The average Bonchev–Trinajstić information content (AvgIpc) is 2.06. The smallest absolute Gasteiger partial charge is 0.0707 e. The van der Waals surface area contributed by atoms with Gasteiger partial charge in [0.15, 0.2) is 0 Å². The molecular formula is C9H14N2O. The van der Waals surface area contributed by atoms with Gasteiger partial charge in [-0.15, -0.1) is 0 Å². The van der Waals surface area contributed by atoms with Crippen molar-refractivity contribution in [1.82, 2.24) is 4.98 Å². The molecule has 0 saturated heterocycles. The average molecular weight is 166 g/mol. The van der Waals surface area contributed by atoms with E-state index in [4.69, 9.17) is 10.5 Å². The Morgan fingerprint density at radius 1 is 1.58 bits per heavy atom. The Hall–Kier alpha value is -0.930. The molecule has 66 valence electrons. The molecule has 1 atom stereocenters. The van der Waals surface area contributed by atoms with Crippen LogP contribution in [-0.2, 0) is 4.74 Å². The summed E-state index contributed by atoms with van der Waals surface area (Å²) in [6.45, 7) is 2.51. The van der Waals surface area contributed by atoms with E-state index in [-0.39, 0.29) is 6.04 Å². The van der Waals surface area contributed by atoms with E-state index in [1.165, 1.54) is 0 Å². The highest BCUT2D eigenvalue weighted by molar-refractivity contribution is 5.14. The zero-order valence-corrected chi connectivity index (χ0v) is 7.45. The highest BCUT2D eigenvalue weighted by Gasteiger charge is 2.05. The molecule has 0 amide bonds. The highest BCUT2D eigenvalue weighted by atomic mass is 16.5. The fourth-order valence-electron chi connectivity index (χ4n) is 0.964. The number of methoxy groups -OCH3 is 1. The maximum absolute atomic E-state index is 5.77. The Kier molecular flexibility index (Phi) is 3.19. The van der Waals surface area contributed by atoms with Crippen LogP contribution in [0.15, 0.2) is 18.3 Å². The van der Waals surface area contributed by atoms with E-state index in [0.29, 0.717) is 6.61 Å². The molecule has 0 aliphatic heterocycles. The zero-order valence-electron chi connectivity index (χ0n) is 7.45. The van der Waals surface area contributed by atoms with Crippen molar-refractivity contribution in [2.24, 2.45) is 5.73 Å². The van der Waals surface area contributed by atoms with Crippen LogP contribution in [0.2, 0.25) is 0 Å². The van der Waals surface area contributed by atoms with Gasteiger partial charge in [0.05, 0.1) is 18.3 Å². The molecule has 1 aromatic heterocycles. The van der Waals surface area contributed by atoms with Gasteiger partial charge in [-0.05, 0) is 18.6 Å². The van der Waals surface area contributed by atoms with Gasteiger partial charge in [0.2, 0.25) is 0 Å². The maximum Gasteiger partial charge on any atom is 0.0707 e. The quantitative estimate of drug-likeness (QED) is 0.729. The van der Waals surface area contributed by atoms with Gasteiger partial charge in [0.1, 0.15) is 0 Å². The van der Waals surface area contributed by atoms with Crippen LogP contribution in [0.25, 0.3) is 0 Å². The number of hydrogen-bond donors (Lipinski definition) is 1. The molecular weight excluding hydrogens is 152 g/mol. The first kappa shape index (κ1) is 9.16. The SMILES string of the molecule is COCC(N)c1ccc(C)cn1. The minimum Gasteiger partial charge on any atom is -0.383 e. The minimum absolute atomic E-state index is 0.115. The van der Waals surface area contributed by atoms with Crippen molar-refractivity contribution in [2.75, 3.05) is 13.7 Å². The third kappa shape index (κ3) is 2.29. The molecule has 0 radical (unpaired) electrons. The second-order valence-corrected chi connectivity index (χ2v) is 2.82. The van der Waals surface area contributed by atoms with Gasteiger partial charge in [-0.1, -0.05) is 6.07 Å². The fraction of sp³-hybridized carbons (Fsp3) is 0.444. The number of nitrogens with zero attached hydrogens (tertiary/aromatic N) is 1. The van der Waals surface area contributed by atoms with Crippen molar-refractivity contribution >= 4 is 0 Å². The minimum atomic E-state index is -0.115. The second-order valence-electron chi connectivity index (χ2n) is 2.82. The molecule has 0 bridgehead atoms. The molecule has 2 N–H and O–H groups in total. The van der Waals surface area contributed by atoms with Crippen molar-refractivity contribution < 1.29 is 4.74 Å². The van der Waals surface area contributed by atoms with Gasteiger partial charge in [0, 0.05) is 13.3 Å². The van der Waals surface area contributed by atoms with Gasteiger partial charge in [-0.3, -0.25) is 4.98 Å². The predicted octanol–water partition coefficient (Wildman–Crippen LogP) is 1.04. The first-order chi connectivity index (χ1) is 5.74. The molecule has 1 aromatic rings. The molecule has 3 nitrogen and oxygen atoms in total. The van der Waals surface area contributed by atoms with Crippen LogP contribution in [0.3, 0.4) is 0 Å². The van der Waals surface area contributed by atoms with Gasteiger partial charge in [-0.25, -0.2) is 0 Å². The third-order valence-electron chi connectivity index (χ3n) is 1.66. The van der Waals surface area contributed by atoms with Crippen molar-refractivity contribution in [3.63, 3.8) is 0 Å². The first-order valence-corrected chi connectivity index (χ1v) is 3.91. The second kappa shape index (κ2) is 4.18. The first-order valence-electron chi connectivity index (χ1n) is 3.91. The van der Waals surface area contributed by atoms with E-state index in [1.807, 2.05) is 25.3 Å². The Labute approximate surface area is 72.6 Å². The van der Waals surface area contributed by atoms with E-state index in [0.717, 1.165) is 11.3 Å². The summed E-state index contributed by atoms with van der Waals surface area (Å²) in [4.78, 5) is 4.19. The summed E-state index contributed by atoms with van der Waals surface area (Å²) < 4.78 is 4.92. The van der Waals surface area contributed by atoms with Crippen molar-refractivity contribution in [1.29, 1.82) is 0 Å². The summed E-state index contributed by atoms with van der Waals surface area (Å²) in [6, 6.07) is 3.81. The molecule has 0 saturated carbocycles. The lowest BCUT2D eigenvalue weighted by molar-refractivity contribution is 0.179. The zero-order chi connectivity index (χ0) is 8.97. The topological polar surface area (TPSA) is 48.1 Å². The van der Waals surface area contributed by atoms with E-state index < -0.39 is 0 Å². The van der Waals surface area contributed by atoms with Crippen LogP contribution in [0.1, 0.15) is 17.3 Å². The van der Waals surface area contributed by atoms with Crippen molar-refractivity contribution in [2.45, 2.75) is 13.0 Å². The molecule has 1 heterocycles. The van der Waals surface area contributed by atoms with Crippen molar-refractivity contribution in [3.8, 4) is 0 Å². The predicted molar refractivity (Wildman–Crippen MR) is 47.8 cm³/mol. The number of pyridine rings is 1. The summed E-state index contributed by atoms with van der Waals surface area (Å²) in [6.07, 6.45) is 1.81. The molecule has 0 spiro atoms. The normalized spacial score (nSPS) is 12.9. The van der Waals surface area contributed by atoms with Gasteiger partial charge < -0.3 is 10.5 Å². The molecule has 0 aromatic carbocycles. The van der Waals surface area contributed by atoms with Crippen LogP contribution in [0, 0.1) is 6.92 Å². The maximum atomic E-state index is 5.77. The molecule has 3 heteroatoms. The lowest BCUT2D eigenvalue weighted by Crippen LogP contribution is -2.17. The third-order valence-corrected chi connectivity index (χ3v) is 1.66. The van der Waals surface area contributed by atoms with E-state index in [9.17, 15) is 0 Å². The molecule has 1 unspecified atom stereocenters. The molecule has 0 aliphatic carbocycles. The van der Waals surface area contributed by atoms with Crippen LogP contribution < -0.4 is 5.73 Å². The Bertz CT molecular complexity index is 233. The standard InChI is InChI=1S/C9H14N2O/c1-7-3-4-9(11-5-7)8(10)6-12-2/h3-5,8H,6,10H2,1-2H3. The number of hydrogen-bond acceptors (Lipinski definition) is 3. The van der Waals surface area contributed by atoms with E-state index in [2.05, 4.69) is 4.98 Å². The van der Waals surface area contributed by atoms with Crippen LogP contribution >= 0.6 is 0 Å². The van der Waals surface area contributed by atoms with Gasteiger partial charge in [0.25, 0.3) is 0 Å². The van der Waals surface area contributed by atoms with Crippen LogP contribution in [-0.4, -0.2) is 18.7 Å². The molecule has 1 rings (SSSR count). The lowest BCUT2D eigenvalue weighted by Gasteiger charge is -2.09. The van der Waals surface area contributed by atoms with Crippen molar-refractivity contribution in [3.05, 3.63) is 29.6 Å². The summed E-state index contributed by atoms with van der Waals surface area (Å²) in [5, 5.41) is 0. The number of nitrogens with two attached hydrogens (primary N) is 1. The summed E-state index contributed by atoms with van der Waals surface area (Å²) in [5.74, 6) is 0. The van der Waals surface area contributed by atoms with Gasteiger partial charge in [-0.2, -0.15) is 0 Å². The largest absolute Gasteiger partial charge is 0.383 e. The fourth-order valence-corrected chi connectivity index (χ4v) is 0.964. The van der Waals surface area contributed by atoms with E-state index >= 15 is 0 Å². The lowest BCUT2D eigenvalue weighted by atomic mass is 10.2. The number of ether oxygens (including phenoxy) is 1. The highest BCUT2D eigenvalue weighted by Crippen LogP contribution is 2.07. The summed E-state index contributed by atoms with van der Waals surface area (Å²) >= 11 is 0. The van der Waals surface area contributed by atoms with Gasteiger partial charge >= 0.3 is 0 Å². The molecule has 0 aliphatic rings. The number of aromatic nitrogens is 1. The Morgan fingerprint density at radius 2 is 2.33 bits per heavy atom. The summed E-state index contributed by atoms with van der Waals surface area (Å²) in [7, 11) is 1.63. The molecule has 12 heavy (non-hydrogen) atoms. The Balaban J connectivity index is 2.68. The number of aryl methyl sites for hydroxylation is 1. The Morgan fingerprint density at radius 3 is 2.83 bits per heavy atom. The van der Waals surface area contributed by atoms with Crippen LogP contribution in [0.5, 0.6) is 0 Å². The number of rotatable bonds is 3. The van der Waals surface area contributed by atoms with E-state index in [1.54, 1.807) is 7.11 Å².